The van der Waals surface area contributed by atoms with Gasteiger partial charge in [0.05, 0.1) is 19.0 Å². The number of nitrogens with one attached hydrogen (secondary N) is 1. The third-order valence-corrected chi connectivity index (χ3v) is 6.30. The van der Waals surface area contributed by atoms with Crippen molar-refractivity contribution in [1.29, 1.82) is 0 Å². The molecule has 0 spiro atoms. The van der Waals surface area contributed by atoms with Crippen LogP contribution >= 0.6 is 11.3 Å². The molecule has 1 saturated heterocycles. The van der Waals surface area contributed by atoms with Gasteiger partial charge in [-0.25, -0.2) is 4.98 Å². The molecular formula is C21H26N4O4S. The highest BCUT2D eigenvalue weighted by Crippen LogP contribution is 2.34. The fraction of sp³-hybridized carbons (Fsp3) is 0.476. The summed E-state index contributed by atoms with van der Waals surface area (Å²) in [7, 11) is 0. The van der Waals surface area contributed by atoms with Crippen molar-refractivity contribution in [2.75, 3.05) is 39.5 Å². The SMILES string of the molecule is Cc1csc(CC(=O)N2CCN(CC(=O)NC(C)c3ccc4c(c3)OCO4)CC2)n1. The Bertz CT molecular complexity index is 923. The molecule has 1 fully saturated rings. The van der Waals surface area contributed by atoms with Crippen molar-refractivity contribution in [2.45, 2.75) is 26.3 Å². The van der Waals surface area contributed by atoms with E-state index in [0.29, 0.717) is 44.9 Å². The van der Waals surface area contributed by atoms with E-state index in [4.69, 9.17) is 9.47 Å². The Morgan fingerprint density at radius 3 is 2.70 bits per heavy atom. The van der Waals surface area contributed by atoms with Crippen molar-refractivity contribution < 1.29 is 19.1 Å². The second-order valence-electron chi connectivity index (χ2n) is 7.62. The van der Waals surface area contributed by atoms with E-state index in [0.717, 1.165) is 22.0 Å². The first kappa shape index (κ1) is 20.6. The number of carbonyl (C=O) groups excluding carboxylic acids is 2. The Morgan fingerprint density at radius 2 is 1.97 bits per heavy atom. The van der Waals surface area contributed by atoms with E-state index < -0.39 is 0 Å². The minimum atomic E-state index is -0.128. The van der Waals surface area contributed by atoms with Gasteiger partial charge in [0, 0.05) is 37.3 Å². The van der Waals surface area contributed by atoms with Gasteiger partial charge in [-0.1, -0.05) is 6.07 Å². The molecule has 30 heavy (non-hydrogen) atoms. The summed E-state index contributed by atoms with van der Waals surface area (Å²) >= 11 is 1.52. The first-order valence-corrected chi connectivity index (χ1v) is 11.0. The monoisotopic (exact) mass is 430 g/mol. The third kappa shape index (κ3) is 4.91. The molecule has 1 atom stereocenters. The molecule has 2 aliphatic rings. The molecule has 2 aromatic rings. The average Bonchev–Trinajstić information content (AvgIpc) is 3.36. The minimum Gasteiger partial charge on any atom is -0.454 e. The first-order chi connectivity index (χ1) is 14.5. The molecular weight excluding hydrogens is 404 g/mol. The molecule has 0 radical (unpaired) electrons. The lowest BCUT2D eigenvalue weighted by molar-refractivity contribution is -0.132. The molecule has 4 rings (SSSR count). The Hall–Kier alpha value is -2.65. The van der Waals surface area contributed by atoms with E-state index in [1.165, 1.54) is 11.3 Å². The number of piperazine rings is 1. The summed E-state index contributed by atoms with van der Waals surface area (Å²) in [6.07, 6.45) is 0.353. The number of hydrogen-bond donors (Lipinski definition) is 1. The molecule has 9 heteroatoms. The number of ether oxygens (including phenoxy) is 2. The summed E-state index contributed by atoms with van der Waals surface area (Å²) in [5.41, 5.74) is 1.93. The van der Waals surface area contributed by atoms with Crippen LogP contribution in [0.25, 0.3) is 0 Å². The Labute approximate surface area is 179 Å². The highest BCUT2D eigenvalue weighted by molar-refractivity contribution is 7.09. The van der Waals surface area contributed by atoms with Gasteiger partial charge in [-0.2, -0.15) is 0 Å². The summed E-state index contributed by atoms with van der Waals surface area (Å²) in [5.74, 6) is 1.51. The van der Waals surface area contributed by atoms with E-state index in [2.05, 4.69) is 15.2 Å². The van der Waals surface area contributed by atoms with E-state index in [-0.39, 0.29) is 24.6 Å². The predicted molar refractivity (Wildman–Crippen MR) is 113 cm³/mol. The van der Waals surface area contributed by atoms with Crippen LogP contribution in [0.15, 0.2) is 23.6 Å². The number of aryl methyl sites for hydroxylation is 1. The second kappa shape index (κ2) is 9.01. The predicted octanol–water partition coefficient (Wildman–Crippen LogP) is 1.74. The smallest absolute Gasteiger partial charge is 0.234 e. The van der Waals surface area contributed by atoms with E-state index in [9.17, 15) is 9.59 Å². The first-order valence-electron chi connectivity index (χ1n) is 10.1. The number of fused-ring (bicyclic) bond motifs is 1. The fourth-order valence-corrected chi connectivity index (χ4v) is 4.40. The zero-order valence-electron chi connectivity index (χ0n) is 17.2. The Balaban J connectivity index is 1.21. The zero-order valence-corrected chi connectivity index (χ0v) is 18.0. The van der Waals surface area contributed by atoms with Gasteiger partial charge >= 0.3 is 0 Å². The highest BCUT2D eigenvalue weighted by Gasteiger charge is 2.24. The largest absolute Gasteiger partial charge is 0.454 e. The van der Waals surface area contributed by atoms with Gasteiger partial charge in [-0.3, -0.25) is 14.5 Å². The summed E-state index contributed by atoms with van der Waals surface area (Å²) in [6.45, 7) is 7.08. The van der Waals surface area contributed by atoms with Crippen LogP contribution in [-0.2, 0) is 16.0 Å². The van der Waals surface area contributed by atoms with Crippen LogP contribution in [0.2, 0.25) is 0 Å². The van der Waals surface area contributed by atoms with E-state index in [1.807, 2.05) is 42.3 Å². The van der Waals surface area contributed by atoms with Crippen molar-refractivity contribution in [2.24, 2.45) is 0 Å². The van der Waals surface area contributed by atoms with Gasteiger partial charge in [0.1, 0.15) is 5.01 Å². The number of carbonyl (C=O) groups is 2. The van der Waals surface area contributed by atoms with E-state index in [1.54, 1.807) is 0 Å². The molecule has 1 aromatic heterocycles. The van der Waals surface area contributed by atoms with Crippen molar-refractivity contribution in [1.82, 2.24) is 20.1 Å². The standard InChI is InChI=1S/C21H26N4O4S/c1-14-12-30-20(22-14)10-21(27)25-7-5-24(6-8-25)11-19(26)23-15(2)16-3-4-17-18(9-16)29-13-28-17/h3-4,9,12,15H,5-8,10-11,13H2,1-2H3,(H,23,26). The normalized spacial score (nSPS) is 17.1. The number of nitrogens with zero attached hydrogens (tertiary/aromatic N) is 3. The van der Waals surface area contributed by atoms with Gasteiger partial charge in [0.2, 0.25) is 18.6 Å². The minimum absolute atomic E-state index is 0.0294. The molecule has 0 bridgehead atoms. The van der Waals surface area contributed by atoms with Crippen LogP contribution in [0, 0.1) is 6.92 Å². The van der Waals surface area contributed by atoms with Crippen LogP contribution in [0.3, 0.4) is 0 Å². The van der Waals surface area contributed by atoms with Gasteiger partial charge in [0.25, 0.3) is 0 Å². The number of hydrogen-bond acceptors (Lipinski definition) is 7. The van der Waals surface area contributed by atoms with Gasteiger partial charge in [-0.05, 0) is 31.5 Å². The number of aromatic nitrogens is 1. The van der Waals surface area contributed by atoms with Crippen molar-refractivity contribution in [3.63, 3.8) is 0 Å². The molecule has 3 heterocycles. The molecule has 8 nitrogen and oxygen atoms in total. The molecule has 1 N–H and O–H groups in total. The molecule has 0 saturated carbocycles. The van der Waals surface area contributed by atoms with Crippen molar-refractivity contribution in [3.05, 3.63) is 39.8 Å². The quantitative estimate of drug-likeness (QED) is 0.752. The lowest BCUT2D eigenvalue weighted by Crippen LogP contribution is -2.51. The van der Waals surface area contributed by atoms with Crippen molar-refractivity contribution in [3.8, 4) is 11.5 Å². The lowest BCUT2D eigenvalue weighted by atomic mass is 10.1. The zero-order chi connectivity index (χ0) is 21.1. The average molecular weight is 431 g/mol. The highest BCUT2D eigenvalue weighted by atomic mass is 32.1. The maximum absolute atomic E-state index is 12.5. The lowest BCUT2D eigenvalue weighted by Gasteiger charge is -2.34. The van der Waals surface area contributed by atoms with Crippen LogP contribution in [0.4, 0.5) is 0 Å². The number of rotatable bonds is 6. The molecule has 160 valence electrons. The third-order valence-electron chi connectivity index (χ3n) is 5.34. The van der Waals surface area contributed by atoms with Crippen LogP contribution in [0.5, 0.6) is 11.5 Å². The van der Waals surface area contributed by atoms with E-state index >= 15 is 0 Å². The second-order valence-corrected chi connectivity index (χ2v) is 8.56. The van der Waals surface area contributed by atoms with Gasteiger partial charge in [-0.15, -0.1) is 11.3 Å². The molecule has 1 aromatic carbocycles. The van der Waals surface area contributed by atoms with Crippen LogP contribution < -0.4 is 14.8 Å². The molecule has 2 amide bonds. The molecule has 0 aliphatic carbocycles. The van der Waals surface area contributed by atoms with Gasteiger partial charge in [0.15, 0.2) is 11.5 Å². The fourth-order valence-electron chi connectivity index (χ4n) is 3.64. The molecule has 2 aliphatic heterocycles. The number of benzene rings is 1. The maximum Gasteiger partial charge on any atom is 0.234 e. The van der Waals surface area contributed by atoms with Crippen molar-refractivity contribution >= 4 is 23.2 Å². The Morgan fingerprint density at radius 1 is 1.20 bits per heavy atom. The topological polar surface area (TPSA) is 84.0 Å². The maximum atomic E-state index is 12.5. The number of amides is 2. The van der Waals surface area contributed by atoms with Crippen LogP contribution in [-0.4, -0.2) is 66.1 Å². The summed E-state index contributed by atoms with van der Waals surface area (Å²) in [6, 6.07) is 5.58. The van der Waals surface area contributed by atoms with Crippen LogP contribution in [0.1, 0.15) is 29.2 Å². The Kier molecular flexibility index (Phi) is 6.19. The summed E-state index contributed by atoms with van der Waals surface area (Å²) < 4.78 is 10.7. The summed E-state index contributed by atoms with van der Waals surface area (Å²) in [5, 5.41) is 5.86. The van der Waals surface area contributed by atoms with Gasteiger partial charge < -0.3 is 19.7 Å². The summed E-state index contributed by atoms with van der Waals surface area (Å²) in [4.78, 5) is 33.3. The number of thiazole rings is 1. The molecule has 1 unspecified atom stereocenters.